The lowest BCUT2D eigenvalue weighted by Gasteiger charge is -2.21. The minimum atomic E-state index is -0.906. The molecule has 124 valence electrons. The number of aliphatic hydroxyl groups is 1. The molecule has 4 nitrogen and oxygen atoms in total. The number of hydrogen-bond donors (Lipinski definition) is 2. The number of ether oxygens (including phenoxy) is 2. The number of nitrogens with one attached hydrogen (secondary N) is 1. The number of aliphatic hydroxyl groups excluding tert-OH is 1. The molecule has 6 heteroatoms. The van der Waals surface area contributed by atoms with Gasteiger partial charge < -0.3 is 19.9 Å². The van der Waals surface area contributed by atoms with Crippen LogP contribution in [0.4, 0.5) is 14.5 Å². The van der Waals surface area contributed by atoms with Crippen LogP contribution in [-0.2, 0) is 11.3 Å². The number of rotatable bonds is 7. The van der Waals surface area contributed by atoms with E-state index in [2.05, 4.69) is 5.32 Å². The van der Waals surface area contributed by atoms with Crippen LogP contribution in [0, 0.1) is 11.6 Å². The summed E-state index contributed by atoms with van der Waals surface area (Å²) in [4.78, 5) is 0. The standard InChI is InChI=1S/C17H19F2NO3/c1-22-10-16(11-3-5-14(18)15(19)8-11)20-13-4-6-17(23-2)12(7-13)9-21/h3-8,16,20-21H,9-10H2,1-2H3. The summed E-state index contributed by atoms with van der Waals surface area (Å²) in [5.74, 6) is -1.22. The lowest BCUT2D eigenvalue weighted by molar-refractivity contribution is 0.186. The molecule has 0 aliphatic heterocycles. The SMILES string of the molecule is COCC(Nc1ccc(OC)c(CO)c1)c1ccc(F)c(F)c1. The summed E-state index contributed by atoms with van der Waals surface area (Å²) in [5, 5.41) is 12.6. The molecule has 2 aromatic rings. The summed E-state index contributed by atoms with van der Waals surface area (Å²) in [6.45, 7) is 0.102. The molecule has 0 radical (unpaired) electrons. The molecule has 0 aliphatic carbocycles. The Hall–Kier alpha value is -2.18. The van der Waals surface area contributed by atoms with Crippen LogP contribution in [0.25, 0.3) is 0 Å². The highest BCUT2D eigenvalue weighted by atomic mass is 19.2. The van der Waals surface area contributed by atoms with Gasteiger partial charge in [-0.2, -0.15) is 0 Å². The summed E-state index contributed by atoms with van der Waals surface area (Å²) in [6.07, 6.45) is 0. The monoisotopic (exact) mass is 323 g/mol. The fourth-order valence-corrected chi connectivity index (χ4v) is 2.31. The van der Waals surface area contributed by atoms with E-state index in [0.29, 0.717) is 22.6 Å². The van der Waals surface area contributed by atoms with Crippen molar-refractivity contribution in [3.05, 3.63) is 59.2 Å². The molecule has 0 amide bonds. The van der Waals surface area contributed by atoms with Gasteiger partial charge in [0.2, 0.25) is 0 Å². The van der Waals surface area contributed by atoms with E-state index in [0.717, 1.165) is 12.1 Å². The van der Waals surface area contributed by atoms with E-state index in [4.69, 9.17) is 9.47 Å². The number of benzene rings is 2. The zero-order valence-electron chi connectivity index (χ0n) is 13.0. The number of hydrogen-bond acceptors (Lipinski definition) is 4. The molecular weight excluding hydrogens is 304 g/mol. The average Bonchev–Trinajstić information content (AvgIpc) is 2.56. The first kappa shape index (κ1) is 17.2. The van der Waals surface area contributed by atoms with Gasteiger partial charge in [-0.1, -0.05) is 6.07 Å². The van der Waals surface area contributed by atoms with Gasteiger partial charge in [-0.15, -0.1) is 0 Å². The molecule has 2 aromatic carbocycles. The molecule has 0 heterocycles. The third-order valence-corrected chi connectivity index (χ3v) is 3.47. The lowest BCUT2D eigenvalue weighted by Crippen LogP contribution is -2.17. The Morgan fingerprint density at radius 1 is 1.09 bits per heavy atom. The van der Waals surface area contributed by atoms with Crippen molar-refractivity contribution in [1.82, 2.24) is 0 Å². The van der Waals surface area contributed by atoms with E-state index in [1.165, 1.54) is 20.3 Å². The summed E-state index contributed by atoms with van der Waals surface area (Å²) in [5.41, 5.74) is 1.90. The molecule has 2 rings (SSSR count). The maximum absolute atomic E-state index is 13.4. The van der Waals surface area contributed by atoms with Gasteiger partial charge in [0.1, 0.15) is 5.75 Å². The van der Waals surface area contributed by atoms with Crippen LogP contribution in [0.1, 0.15) is 17.2 Å². The van der Waals surface area contributed by atoms with Gasteiger partial charge >= 0.3 is 0 Å². The van der Waals surface area contributed by atoms with Crippen molar-refractivity contribution in [2.45, 2.75) is 12.6 Å². The molecule has 0 aliphatic rings. The Labute approximate surface area is 133 Å². The van der Waals surface area contributed by atoms with Crippen LogP contribution < -0.4 is 10.1 Å². The first-order valence-electron chi connectivity index (χ1n) is 7.07. The predicted octanol–water partition coefficient (Wildman–Crippen LogP) is 3.27. The maximum atomic E-state index is 13.4. The fourth-order valence-electron chi connectivity index (χ4n) is 2.31. The Bertz CT molecular complexity index is 664. The van der Waals surface area contributed by atoms with Gasteiger partial charge in [0.05, 0.1) is 26.4 Å². The van der Waals surface area contributed by atoms with Crippen LogP contribution in [0.3, 0.4) is 0 Å². The minimum absolute atomic E-state index is 0.168. The van der Waals surface area contributed by atoms with Gasteiger partial charge in [0, 0.05) is 18.4 Å². The van der Waals surface area contributed by atoms with Crippen molar-refractivity contribution in [2.75, 3.05) is 26.1 Å². The maximum Gasteiger partial charge on any atom is 0.159 e. The van der Waals surface area contributed by atoms with Crippen molar-refractivity contribution in [1.29, 1.82) is 0 Å². The van der Waals surface area contributed by atoms with E-state index in [-0.39, 0.29) is 19.3 Å². The quantitative estimate of drug-likeness (QED) is 0.821. The molecule has 0 saturated carbocycles. The molecule has 2 N–H and O–H groups in total. The molecule has 0 aromatic heterocycles. The van der Waals surface area contributed by atoms with E-state index in [9.17, 15) is 13.9 Å². The molecule has 0 bridgehead atoms. The largest absolute Gasteiger partial charge is 0.496 e. The second-order valence-corrected chi connectivity index (χ2v) is 5.01. The summed E-state index contributed by atoms with van der Waals surface area (Å²) >= 11 is 0. The average molecular weight is 323 g/mol. The Morgan fingerprint density at radius 2 is 1.87 bits per heavy atom. The van der Waals surface area contributed by atoms with Crippen LogP contribution in [0.2, 0.25) is 0 Å². The van der Waals surface area contributed by atoms with Gasteiger partial charge in [0.25, 0.3) is 0 Å². The van der Waals surface area contributed by atoms with Crippen LogP contribution in [0.15, 0.2) is 36.4 Å². The third kappa shape index (κ3) is 4.18. The van der Waals surface area contributed by atoms with E-state index in [1.54, 1.807) is 18.2 Å². The van der Waals surface area contributed by atoms with Crippen molar-refractivity contribution in [2.24, 2.45) is 0 Å². The zero-order valence-corrected chi connectivity index (χ0v) is 13.0. The first-order chi connectivity index (χ1) is 11.1. The van der Waals surface area contributed by atoms with E-state index >= 15 is 0 Å². The summed E-state index contributed by atoms with van der Waals surface area (Å²) in [7, 11) is 3.05. The number of anilines is 1. The number of methoxy groups -OCH3 is 2. The highest BCUT2D eigenvalue weighted by molar-refractivity contribution is 5.52. The van der Waals surface area contributed by atoms with E-state index in [1.807, 2.05) is 0 Å². The Balaban J connectivity index is 2.26. The summed E-state index contributed by atoms with van der Waals surface area (Å²) in [6, 6.07) is 8.61. The second-order valence-electron chi connectivity index (χ2n) is 5.01. The topological polar surface area (TPSA) is 50.7 Å². The molecule has 0 fully saturated rings. The fraction of sp³-hybridized carbons (Fsp3) is 0.294. The summed E-state index contributed by atoms with van der Waals surface area (Å²) < 4.78 is 36.8. The van der Waals surface area contributed by atoms with Crippen molar-refractivity contribution >= 4 is 5.69 Å². The smallest absolute Gasteiger partial charge is 0.159 e. The molecule has 1 atom stereocenters. The molecule has 0 spiro atoms. The molecular formula is C17H19F2NO3. The highest BCUT2D eigenvalue weighted by Crippen LogP contribution is 2.26. The molecule has 1 unspecified atom stereocenters. The van der Waals surface area contributed by atoms with Gasteiger partial charge in [-0.05, 0) is 35.9 Å². The van der Waals surface area contributed by atoms with Gasteiger partial charge in [-0.3, -0.25) is 0 Å². The van der Waals surface area contributed by atoms with E-state index < -0.39 is 11.6 Å². The Kier molecular flexibility index (Phi) is 5.90. The molecule has 0 saturated heterocycles. The van der Waals surface area contributed by atoms with Crippen molar-refractivity contribution in [3.8, 4) is 5.75 Å². The molecule has 23 heavy (non-hydrogen) atoms. The van der Waals surface area contributed by atoms with Crippen LogP contribution in [-0.4, -0.2) is 25.9 Å². The Morgan fingerprint density at radius 3 is 2.48 bits per heavy atom. The first-order valence-corrected chi connectivity index (χ1v) is 7.07. The van der Waals surface area contributed by atoms with Crippen molar-refractivity contribution in [3.63, 3.8) is 0 Å². The van der Waals surface area contributed by atoms with Crippen molar-refractivity contribution < 1.29 is 23.4 Å². The van der Waals surface area contributed by atoms with Crippen LogP contribution in [0.5, 0.6) is 5.75 Å². The normalized spacial score (nSPS) is 12.0. The zero-order chi connectivity index (χ0) is 16.8. The third-order valence-electron chi connectivity index (χ3n) is 3.47. The van der Waals surface area contributed by atoms with Gasteiger partial charge in [0.15, 0.2) is 11.6 Å². The highest BCUT2D eigenvalue weighted by Gasteiger charge is 2.15. The van der Waals surface area contributed by atoms with Gasteiger partial charge in [-0.25, -0.2) is 8.78 Å². The lowest BCUT2D eigenvalue weighted by atomic mass is 10.1. The second kappa shape index (κ2) is 7.89. The number of halogens is 2. The van der Waals surface area contributed by atoms with Crippen LogP contribution >= 0.6 is 0 Å². The predicted molar refractivity (Wildman–Crippen MR) is 83.5 cm³/mol. The minimum Gasteiger partial charge on any atom is -0.496 e.